The monoisotopic (exact) mass is 266 g/mol. The van der Waals surface area contributed by atoms with E-state index in [1.165, 1.54) is 0 Å². The highest BCUT2D eigenvalue weighted by molar-refractivity contribution is 6.34. The zero-order chi connectivity index (χ0) is 13.1. The van der Waals surface area contributed by atoms with E-state index in [2.05, 4.69) is 23.9 Å². The van der Waals surface area contributed by atoms with Gasteiger partial charge in [0.25, 0.3) is 0 Å². The Morgan fingerprint density at radius 2 is 2.28 bits per heavy atom. The Balaban J connectivity index is 2.32. The van der Waals surface area contributed by atoms with Gasteiger partial charge in [0.1, 0.15) is 0 Å². The van der Waals surface area contributed by atoms with Gasteiger partial charge in [0.15, 0.2) is 6.29 Å². The molecular formula is C14H19ClN2O. The number of hydrogen-bond acceptors (Lipinski definition) is 3. The van der Waals surface area contributed by atoms with Crippen LogP contribution in [0.3, 0.4) is 0 Å². The van der Waals surface area contributed by atoms with Crippen molar-refractivity contribution in [2.45, 2.75) is 18.9 Å². The molecule has 1 aliphatic heterocycles. The van der Waals surface area contributed by atoms with E-state index in [0.717, 1.165) is 37.9 Å². The number of likely N-dealkylation sites (N-methyl/N-ethyl adjacent to an activating group) is 1. The molecule has 2 rings (SSSR count). The van der Waals surface area contributed by atoms with Gasteiger partial charge >= 0.3 is 0 Å². The quantitative estimate of drug-likeness (QED) is 0.783. The molecule has 0 N–H and O–H groups in total. The Labute approximate surface area is 113 Å². The van der Waals surface area contributed by atoms with Crippen molar-refractivity contribution in [1.82, 2.24) is 4.90 Å². The molecule has 0 saturated carbocycles. The van der Waals surface area contributed by atoms with Crippen LogP contribution in [0.1, 0.15) is 23.2 Å². The number of hydrogen-bond donors (Lipinski definition) is 0. The first-order chi connectivity index (χ1) is 8.63. The summed E-state index contributed by atoms with van der Waals surface area (Å²) in [5.41, 5.74) is 1.59. The third-order valence-corrected chi connectivity index (χ3v) is 3.69. The Morgan fingerprint density at radius 1 is 1.50 bits per heavy atom. The minimum absolute atomic E-state index is 0.443. The van der Waals surface area contributed by atoms with E-state index < -0.39 is 0 Å². The maximum absolute atomic E-state index is 11.2. The third kappa shape index (κ3) is 2.68. The predicted molar refractivity (Wildman–Crippen MR) is 75.8 cm³/mol. The molecule has 1 unspecified atom stereocenters. The standard InChI is InChI=1S/C14H19ClN2O/c1-16(2)9-12-6-4-8-17(12)14-11(10-18)5-3-7-13(14)15/h3,5,7,10,12H,4,6,8-9H2,1-2H3. The fourth-order valence-corrected chi connectivity index (χ4v) is 2.96. The van der Waals surface area contributed by atoms with Crippen LogP contribution in [-0.4, -0.2) is 44.4 Å². The van der Waals surface area contributed by atoms with Crippen LogP contribution in [-0.2, 0) is 0 Å². The van der Waals surface area contributed by atoms with Gasteiger partial charge in [-0.1, -0.05) is 17.7 Å². The number of halogens is 1. The Hall–Kier alpha value is -1.06. The lowest BCUT2D eigenvalue weighted by Crippen LogP contribution is -2.38. The van der Waals surface area contributed by atoms with Crippen molar-refractivity contribution in [3.8, 4) is 0 Å². The Bertz CT molecular complexity index is 434. The van der Waals surface area contributed by atoms with Crippen LogP contribution in [0.25, 0.3) is 0 Å². The summed E-state index contributed by atoms with van der Waals surface area (Å²) in [4.78, 5) is 15.6. The Morgan fingerprint density at radius 3 is 2.94 bits per heavy atom. The fraction of sp³-hybridized carbons (Fsp3) is 0.500. The van der Waals surface area contributed by atoms with Crippen molar-refractivity contribution in [1.29, 1.82) is 0 Å². The molecule has 1 atom stereocenters. The van der Waals surface area contributed by atoms with Gasteiger partial charge in [-0.25, -0.2) is 0 Å². The van der Waals surface area contributed by atoms with Crippen LogP contribution in [0.15, 0.2) is 18.2 Å². The molecule has 1 saturated heterocycles. The zero-order valence-electron chi connectivity index (χ0n) is 10.9. The lowest BCUT2D eigenvalue weighted by atomic mass is 10.1. The molecule has 0 aromatic heterocycles. The molecule has 0 radical (unpaired) electrons. The van der Waals surface area contributed by atoms with Crippen molar-refractivity contribution < 1.29 is 4.79 Å². The zero-order valence-corrected chi connectivity index (χ0v) is 11.7. The molecule has 1 fully saturated rings. The van der Waals surface area contributed by atoms with Crippen molar-refractivity contribution in [3.05, 3.63) is 28.8 Å². The number of rotatable bonds is 4. The summed E-state index contributed by atoms with van der Waals surface area (Å²) < 4.78 is 0. The van der Waals surface area contributed by atoms with Gasteiger partial charge in [-0.15, -0.1) is 0 Å². The minimum Gasteiger partial charge on any atom is -0.365 e. The number of para-hydroxylation sites is 1. The number of carbonyl (C=O) groups is 1. The van der Waals surface area contributed by atoms with Crippen LogP contribution >= 0.6 is 11.6 Å². The average molecular weight is 267 g/mol. The topological polar surface area (TPSA) is 23.6 Å². The van der Waals surface area contributed by atoms with Gasteiger partial charge in [0.05, 0.1) is 10.7 Å². The number of benzene rings is 1. The highest BCUT2D eigenvalue weighted by Gasteiger charge is 2.28. The van der Waals surface area contributed by atoms with Gasteiger partial charge < -0.3 is 9.80 Å². The van der Waals surface area contributed by atoms with Crippen molar-refractivity contribution in [3.63, 3.8) is 0 Å². The van der Waals surface area contributed by atoms with E-state index in [-0.39, 0.29) is 0 Å². The first-order valence-corrected chi connectivity index (χ1v) is 6.66. The maximum atomic E-state index is 11.2. The van der Waals surface area contributed by atoms with Crippen LogP contribution < -0.4 is 4.90 Å². The molecule has 0 spiro atoms. The predicted octanol–water partition coefficient (Wildman–Crippen LogP) is 2.68. The van der Waals surface area contributed by atoms with Gasteiger partial charge in [-0.05, 0) is 39.1 Å². The third-order valence-electron chi connectivity index (χ3n) is 3.39. The van der Waals surface area contributed by atoms with Crippen molar-refractivity contribution in [2.75, 3.05) is 32.1 Å². The fourth-order valence-electron chi connectivity index (χ4n) is 2.67. The molecule has 0 aliphatic carbocycles. The van der Waals surface area contributed by atoms with E-state index in [0.29, 0.717) is 16.6 Å². The number of nitrogens with zero attached hydrogens (tertiary/aromatic N) is 2. The second kappa shape index (κ2) is 5.72. The molecule has 0 bridgehead atoms. The van der Waals surface area contributed by atoms with Gasteiger partial charge in [-0.3, -0.25) is 4.79 Å². The molecule has 98 valence electrons. The summed E-state index contributed by atoms with van der Waals surface area (Å²) >= 11 is 6.28. The van der Waals surface area contributed by atoms with Crippen molar-refractivity contribution >= 4 is 23.6 Å². The molecule has 1 aromatic rings. The Kier molecular flexibility index (Phi) is 4.25. The van der Waals surface area contributed by atoms with Gasteiger partial charge in [0.2, 0.25) is 0 Å². The van der Waals surface area contributed by atoms with E-state index in [1.807, 2.05) is 18.2 Å². The van der Waals surface area contributed by atoms with E-state index in [9.17, 15) is 4.79 Å². The number of aldehydes is 1. The summed E-state index contributed by atoms with van der Waals surface area (Å²) in [7, 11) is 4.15. The first kappa shape index (κ1) is 13.4. The molecule has 4 heteroatoms. The molecule has 18 heavy (non-hydrogen) atoms. The number of anilines is 1. The van der Waals surface area contributed by atoms with E-state index >= 15 is 0 Å². The summed E-state index contributed by atoms with van der Waals surface area (Å²) in [6.07, 6.45) is 3.20. The highest BCUT2D eigenvalue weighted by atomic mass is 35.5. The van der Waals surface area contributed by atoms with Gasteiger partial charge in [0, 0.05) is 24.7 Å². The second-order valence-corrected chi connectivity index (χ2v) is 5.45. The molecule has 1 aliphatic rings. The summed E-state index contributed by atoms with van der Waals surface area (Å²) in [5.74, 6) is 0. The molecule has 1 aromatic carbocycles. The van der Waals surface area contributed by atoms with Crippen LogP contribution in [0, 0.1) is 0 Å². The van der Waals surface area contributed by atoms with E-state index in [4.69, 9.17) is 11.6 Å². The first-order valence-electron chi connectivity index (χ1n) is 6.28. The highest BCUT2D eigenvalue weighted by Crippen LogP contribution is 2.34. The lowest BCUT2D eigenvalue weighted by Gasteiger charge is -2.30. The maximum Gasteiger partial charge on any atom is 0.152 e. The average Bonchev–Trinajstić information content (AvgIpc) is 2.75. The summed E-state index contributed by atoms with van der Waals surface area (Å²) in [5, 5.41) is 0.672. The number of carbonyl (C=O) groups excluding carboxylic acids is 1. The molecule has 0 amide bonds. The molecular weight excluding hydrogens is 248 g/mol. The van der Waals surface area contributed by atoms with Crippen LogP contribution in [0.2, 0.25) is 5.02 Å². The van der Waals surface area contributed by atoms with Gasteiger partial charge in [-0.2, -0.15) is 0 Å². The lowest BCUT2D eigenvalue weighted by molar-refractivity contribution is 0.112. The van der Waals surface area contributed by atoms with Crippen LogP contribution in [0.4, 0.5) is 5.69 Å². The normalized spacial score (nSPS) is 19.6. The van der Waals surface area contributed by atoms with Crippen LogP contribution in [0.5, 0.6) is 0 Å². The SMILES string of the molecule is CN(C)CC1CCCN1c1c(Cl)cccc1C=O. The van der Waals surface area contributed by atoms with E-state index in [1.54, 1.807) is 0 Å². The molecule has 3 nitrogen and oxygen atoms in total. The minimum atomic E-state index is 0.443. The smallest absolute Gasteiger partial charge is 0.152 e. The summed E-state index contributed by atoms with van der Waals surface area (Å²) in [6, 6.07) is 5.96. The molecule has 1 heterocycles. The summed E-state index contributed by atoms with van der Waals surface area (Å²) in [6.45, 7) is 1.96. The second-order valence-electron chi connectivity index (χ2n) is 5.05. The largest absolute Gasteiger partial charge is 0.365 e. The van der Waals surface area contributed by atoms with Crippen molar-refractivity contribution in [2.24, 2.45) is 0 Å².